The van der Waals surface area contributed by atoms with Crippen LogP contribution in [0.1, 0.15) is 35.9 Å². The molecule has 2 aromatic heterocycles. The number of rotatable bonds is 4. The van der Waals surface area contributed by atoms with Crippen molar-refractivity contribution in [1.82, 2.24) is 9.55 Å². The Morgan fingerprint density at radius 3 is 2.71 bits per heavy atom. The summed E-state index contributed by atoms with van der Waals surface area (Å²) in [4.78, 5) is 4.73. The van der Waals surface area contributed by atoms with E-state index in [0.717, 1.165) is 34.8 Å². The van der Waals surface area contributed by atoms with E-state index in [1.807, 2.05) is 32.0 Å². The van der Waals surface area contributed by atoms with Crippen LogP contribution >= 0.6 is 11.6 Å². The van der Waals surface area contributed by atoms with Gasteiger partial charge >= 0.3 is 0 Å². The van der Waals surface area contributed by atoms with Gasteiger partial charge in [0.05, 0.1) is 17.1 Å². The molecule has 1 atom stereocenters. The number of aryl methyl sites for hydroxylation is 3. The van der Waals surface area contributed by atoms with Gasteiger partial charge in [0.25, 0.3) is 0 Å². The quantitative estimate of drug-likeness (QED) is 0.658. The zero-order valence-electron chi connectivity index (χ0n) is 12.6. The van der Waals surface area contributed by atoms with E-state index < -0.39 is 0 Å². The molecule has 3 nitrogen and oxygen atoms in total. The summed E-state index contributed by atoms with van der Waals surface area (Å²) in [5.74, 6) is 3.50. The van der Waals surface area contributed by atoms with Gasteiger partial charge in [0, 0.05) is 17.9 Å². The first kappa shape index (κ1) is 14.2. The monoisotopic (exact) mass is 302 g/mol. The Kier molecular flexibility index (Phi) is 3.77. The van der Waals surface area contributed by atoms with Crippen LogP contribution in [0.5, 0.6) is 0 Å². The predicted octanol–water partition coefficient (Wildman–Crippen LogP) is 4.64. The first-order chi connectivity index (χ1) is 10.1. The summed E-state index contributed by atoms with van der Waals surface area (Å²) in [6, 6.07) is 10.5. The predicted molar refractivity (Wildman–Crippen MR) is 86.2 cm³/mol. The fraction of sp³-hybridized carbons (Fsp3) is 0.353. The van der Waals surface area contributed by atoms with Gasteiger partial charge in [0.1, 0.15) is 17.3 Å². The summed E-state index contributed by atoms with van der Waals surface area (Å²) in [6.07, 6.45) is 0.760. The lowest BCUT2D eigenvalue weighted by Gasteiger charge is -2.17. The van der Waals surface area contributed by atoms with Gasteiger partial charge in [-0.05, 0) is 39.0 Å². The highest BCUT2D eigenvalue weighted by Gasteiger charge is 2.20. The maximum absolute atomic E-state index is 5.95. The highest BCUT2D eigenvalue weighted by molar-refractivity contribution is 6.17. The summed E-state index contributed by atoms with van der Waals surface area (Å²) in [6.45, 7) is 6.18. The first-order valence-electron chi connectivity index (χ1n) is 7.20. The van der Waals surface area contributed by atoms with Crippen molar-refractivity contribution in [2.24, 2.45) is 0 Å². The van der Waals surface area contributed by atoms with Gasteiger partial charge in [-0.15, -0.1) is 11.6 Å². The van der Waals surface area contributed by atoms with Crippen LogP contribution in [0.3, 0.4) is 0 Å². The van der Waals surface area contributed by atoms with Crippen LogP contribution in [0.15, 0.2) is 34.7 Å². The molecule has 2 heterocycles. The van der Waals surface area contributed by atoms with Crippen LogP contribution in [0.4, 0.5) is 0 Å². The van der Waals surface area contributed by atoms with Gasteiger partial charge in [0.15, 0.2) is 0 Å². The van der Waals surface area contributed by atoms with E-state index in [1.54, 1.807) is 0 Å². The molecular formula is C17H19ClN2O. The van der Waals surface area contributed by atoms with Crippen molar-refractivity contribution in [2.75, 3.05) is 5.88 Å². The third-order valence-corrected chi connectivity index (χ3v) is 4.09. The molecule has 4 heteroatoms. The summed E-state index contributed by atoms with van der Waals surface area (Å²) < 4.78 is 7.96. The number of aromatic nitrogens is 2. The van der Waals surface area contributed by atoms with Crippen molar-refractivity contribution >= 4 is 22.6 Å². The van der Waals surface area contributed by atoms with Crippen molar-refractivity contribution in [3.8, 4) is 0 Å². The zero-order valence-corrected chi connectivity index (χ0v) is 13.3. The lowest BCUT2D eigenvalue weighted by Crippen LogP contribution is -2.11. The lowest BCUT2D eigenvalue weighted by molar-refractivity contribution is 0.494. The maximum Gasteiger partial charge on any atom is 0.111 e. The summed E-state index contributed by atoms with van der Waals surface area (Å²) in [5.41, 5.74) is 3.36. The van der Waals surface area contributed by atoms with Crippen molar-refractivity contribution < 1.29 is 4.42 Å². The fourth-order valence-corrected chi connectivity index (χ4v) is 3.16. The molecule has 3 aromatic rings. The van der Waals surface area contributed by atoms with Crippen molar-refractivity contribution in [3.05, 3.63) is 53.2 Å². The highest BCUT2D eigenvalue weighted by Crippen LogP contribution is 2.29. The molecule has 0 bridgehead atoms. The number of hydrogen-bond acceptors (Lipinski definition) is 2. The Bertz CT molecular complexity index is 772. The van der Waals surface area contributed by atoms with Crippen molar-refractivity contribution in [2.45, 2.75) is 33.2 Å². The number of benzene rings is 1. The van der Waals surface area contributed by atoms with Crippen LogP contribution in [0, 0.1) is 13.8 Å². The first-order valence-corrected chi connectivity index (χ1v) is 7.74. The van der Waals surface area contributed by atoms with Gasteiger partial charge < -0.3 is 8.98 Å². The second-order valence-corrected chi connectivity index (χ2v) is 5.75. The molecule has 0 amide bonds. The van der Waals surface area contributed by atoms with Crippen LogP contribution in [0.25, 0.3) is 11.0 Å². The van der Waals surface area contributed by atoms with Gasteiger partial charge in [-0.2, -0.15) is 0 Å². The molecule has 3 rings (SSSR count). The topological polar surface area (TPSA) is 31.0 Å². The molecule has 0 aliphatic rings. The van der Waals surface area contributed by atoms with Gasteiger partial charge in [-0.1, -0.05) is 12.1 Å². The van der Waals surface area contributed by atoms with Crippen molar-refractivity contribution in [1.29, 1.82) is 0 Å². The minimum Gasteiger partial charge on any atom is -0.466 e. The largest absolute Gasteiger partial charge is 0.466 e. The Balaban J connectivity index is 2.17. The third kappa shape index (κ3) is 2.46. The normalized spacial score (nSPS) is 13.0. The Morgan fingerprint density at radius 2 is 2.05 bits per heavy atom. The van der Waals surface area contributed by atoms with Crippen LogP contribution < -0.4 is 0 Å². The van der Waals surface area contributed by atoms with Crippen LogP contribution in [0.2, 0.25) is 0 Å². The zero-order chi connectivity index (χ0) is 15.0. The molecule has 0 spiro atoms. The number of nitrogens with zero attached hydrogens (tertiary/aromatic N) is 2. The molecular weight excluding hydrogens is 284 g/mol. The molecule has 0 saturated carbocycles. The molecule has 0 aliphatic carbocycles. The van der Waals surface area contributed by atoms with E-state index in [9.17, 15) is 0 Å². The van der Waals surface area contributed by atoms with Gasteiger partial charge in [-0.25, -0.2) is 4.98 Å². The number of halogens is 1. The Morgan fingerprint density at radius 1 is 1.29 bits per heavy atom. The molecule has 0 N–H and O–H groups in total. The number of alkyl halides is 1. The summed E-state index contributed by atoms with van der Waals surface area (Å²) >= 11 is 5.95. The number of furan rings is 1. The smallest absolute Gasteiger partial charge is 0.111 e. The molecule has 110 valence electrons. The van der Waals surface area contributed by atoms with E-state index in [0.29, 0.717) is 5.88 Å². The van der Waals surface area contributed by atoms with Crippen LogP contribution in [-0.4, -0.2) is 15.4 Å². The van der Waals surface area contributed by atoms with E-state index in [-0.39, 0.29) is 6.04 Å². The molecule has 0 aliphatic heterocycles. The number of hydrogen-bond donors (Lipinski definition) is 0. The second kappa shape index (κ2) is 5.57. The minimum atomic E-state index is 0.174. The SMILES string of the molecule is Cc1cc(C(C)n2c(CCCl)nc3ccccc32)c(C)o1. The maximum atomic E-state index is 5.95. The minimum absolute atomic E-state index is 0.174. The van der Waals surface area contributed by atoms with Crippen molar-refractivity contribution in [3.63, 3.8) is 0 Å². The third-order valence-electron chi connectivity index (χ3n) is 3.90. The van der Waals surface area contributed by atoms with E-state index in [4.69, 9.17) is 21.0 Å². The molecule has 21 heavy (non-hydrogen) atoms. The molecule has 1 aromatic carbocycles. The fourth-order valence-electron chi connectivity index (χ4n) is 2.99. The average molecular weight is 303 g/mol. The Hall–Kier alpha value is -1.74. The number of fused-ring (bicyclic) bond motifs is 1. The van der Waals surface area contributed by atoms with E-state index >= 15 is 0 Å². The standard InChI is InChI=1S/C17H19ClN2O/c1-11-10-14(13(3)21-11)12(2)20-16-7-5-4-6-15(16)19-17(20)8-9-18/h4-7,10,12H,8-9H2,1-3H3. The highest BCUT2D eigenvalue weighted by atomic mass is 35.5. The summed E-state index contributed by atoms with van der Waals surface area (Å²) in [5, 5.41) is 0. The van der Waals surface area contributed by atoms with E-state index in [2.05, 4.69) is 23.6 Å². The molecule has 0 radical (unpaired) electrons. The van der Waals surface area contributed by atoms with Gasteiger partial charge in [-0.3, -0.25) is 0 Å². The Labute approximate surface area is 129 Å². The summed E-state index contributed by atoms with van der Waals surface area (Å²) in [7, 11) is 0. The van der Waals surface area contributed by atoms with E-state index in [1.165, 1.54) is 5.56 Å². The molecule has 0 fully saturated rings. The lowest BCUT2D eigenvalue weighted by atomic mass is 10.1. The number of imidazole rings is 1. The number of para-hydroxylation sites is 2. The second-order valence-electron chi connectivity index (χ2n) is 5.37. The average Bonchev–Trinajstić information content (AvgIpc) is 2.98. The molecule has 1 unspecified atom stereocenters. The molecule has 0 saturated heterocycles. The van der Waals surface area contributed by atoms with Crippen LogP contribution in [-0.2, 0) is 6.42 Å². The van der Waals surface area contributed by atoms with Gasteiger partial charge in [0.2, 0.25) is 0 Å².